The summed E-state index contributed by atoms with van der Waals surface area (Å²) in [6.45, 7) is 0.566. The predicted molar refractivity (Wildman–Crippen MR) is 84.9 cm³/mol. The summed E-state index contributed by atoms with van der Waals surface area (Å²) in [6.07, 6.45) is 0.529. The fourth-order valence-electron chi connectivity index (χ4n) is 3.66. The van der Waals surface area contributed by atoms with Crippen LogP contribution >= 0.6 is 0 Å². The van der Waals surface area contributed by atoms with Crippen molar-refractivity contribution in [3.63, 3.8) is 0 Å². The van der Waals surface area contributed by atoms with E-state index in [1.54, 1.807) is 16.8 Å². The van der Waals surface area contributed by atoms with E-state index in [1.807, 2.05) is 54.6 Å². The van der Waals surface area contributed by atoms with Crippen LogP contribution < -0.4 is 9.80 Å². The lowest BCUT2D eigenvalue weighted by molar-refractivity contribution is -0.131. The van der Waals surface area contributed by atoms with Crippen molar-refractivity contribution < 1.29 is 9.59 Å². The van der Waals surface area contributed by atoms with Gasteiger partial charge in [0.05, 0.1) is 0 Å². The predicted octanol–water partition coefficient (Wildman–Crippen LogP) is 2.34. The van der Waals surface area contributed by atoms with Gasteiger partial charge < -0.3 is 9.80 Å². The summed E-state index contributed by atoms with van der Waals surface area (Å²) in [5.74, 6) is -0.224. The summed E-state index contributed by atoms with van der Waals surface area (Å²) < 4.78 is 0. The third-order valence-corrected chi connectivity index (χ3v) is 4.78. The van der Waals surface area contributed by atoms with E-state index in [0.717, 1.165) is 16.9 Å². The van der Waals surface area contributed by atoms with Crippen molar-refractivity contribution in [3.8, 4) is 0 Å². The number of amides is 2. The van der Waals surface area contributed by atoms with Crippen LogP contribution in [0.3, 0.4) is 0 Å². The summed E-state index contributed by atoms with van der Waals surface area (Å²) in [4.78, 5) is 29.3. The Balaban J connectivity index is 1.84. The Labute approximate surface area is 129 Å². The van der Waals surface area contributed by atoms with Crippen molar-refractivity contribution in [2.75, 3.05) is 23.4 Å². The number of carbonyl (C=O) groups is 2. The second-order valence-electron chi connectivity index (χ2n) is 5.83. The third kappa shape index (κ3) is 1.47. The van der Waals surface area contributed by atoms with Crippen LogP contribution in [0.5, 0.6) is 0 Å². The summed E-state index contributed by atoms with van der Waals surface area (Å²) in [7, 11) is 1.74. The van der Waals surface area contributed by atoms with Gasteiger partial charge in [-0.2, -0.15) is 0 Å². The first-order valence-corrected chi connectivity index (χ1v) is 7.41. The molecule has 0 N–H and O–H groups in total. The largest absolute Gasteiger partial charge is 0.314 e. The second-order valence-corrected chi connectivity index (χ2v) is 5.83. The highest BCUT2D eigenvalue weighted by molar-refractivity contribution is 6.26. The standard InChI is InChI=1S/C18H16N2O2/c1-19-15-10-6-5-9-14(15)18(16(19)21)11-12-20(17(18)22)13-7-3-2-4-8-13/h2-10H,11-12H2,1H3. The number of rotatable bonds is 1. The molecule has 110 valence electrons. The topological polar surface area (TPSA) is 40.6 Å². The summed E-state index contributed by atoms with van der Waals surface area (Å²) in [5, 5.41) is 0. The zero-order valence-corrected chi connectivity index (χ0v) is 12.3. The normalized spacial score (nSPS) is 23.5. The summed E-state index contributed by atoms with van der Waals surface area (Å²) in [5.41, 5.74) is 1.49. The van der Waals surface area contributed by atoms with Gasteiger partial charge in [-0.05, 0) is 24.6 Å². The van der Waals surface area contributed by atoms with Gasteiger partial charge in [0, 0.05) is 30.5 Å². The van der Waals surface area contributed by atoms with Gasteiger partial charge in [-0.3, -0.25) is 9.59 Å². The fraction of sp³-hybridized carbons (Fsp3) is 0.222. The van der Waals surface area contributed by atoms with E-state index in [0.29, 0.717) is 13.0 Å². The van der Waals surface area contributed by atoms with Crippen LogP contribution in [0.1, 0.15) is 12.0 Å². The highest BCUT2D eigenvalue weighted by Gasteiger charge is 2.59. The van der Waals surface area contributed by atoms with Gasteiger partial charge in [0.2, 0.25) is 11.8 Å². The van der Waals surface area contributed by atoms with Crippen LogP contribution in [0.15, 0.2) is 54.6 Å². The number of anilines is 2. The van der Waals surface area contributed by atoms with E-state index in [2.05, 4.69) is 0 Å². The minimum atomic E-state index is -1.04. The molecule has 1 unspecified atom stereocenters. The quantitative estimate of drug-likeness (QED) is 0.757. The van der Waals surface area contributed by atoms with Gasteiger partial charge in [-0.15, -0.1) is 0 Å². The molecule has 4 heteroatoms. The van der Waals surface area contributed by atoms with E-state index in [1.165, 1.54) is 0 Å². The van der Waals surface area contributed by atoms with E-state index in [4.69, 9.17) is 0 Å². The number of hydrogen-bond donors (Lipinski definition) is 0. The number of nitrogens with zero attached hydrogens (tertiary/aromatic N) is 2. The highest BCUT2D eigenvalue weighted by Crippen LogP contribution is 2.48. The first-order valence-electron chi connectivity index (χ1n) is 7.41. The zero-order valence-electron chi connectivity index (χ0n) is 12.3. The molecule has 2 aromatic carbocycles. The molecule has 2 aromatic rings. The molecule has 0 radical (unpaired) electrons. The molecule has 1 saturated heterocycles. The smallest absolute Gasteiger partial charge is 0.247 e. The lowest BCUT2D eigenvalue weighted by atomic mass is 9.80. The minimum absolute atomic E-state index is 0.111. The zero-order chi connectivity index (χ0) is 15.3. The van der Waals surface area contributed by atoms with Gasteiger partial charge in [-0.1, -0.05) is 36.4 Å². The number of fused-ring (bicyclic) bond motifs is 2. The number of hydrogen-bond acceptors (Lipinski definition) is 2. The molecule has 1 spiro atoms. The molecule has 0 bridgehead atoms. The third-order valence-electron chi connectivity index (χ3n) is 4.78. The Morgan fingerprint density at radius 1 is 0.909 bits per heavy atom. The molecule has 2 aliphatic heterocycles. The minimum Gasteiger partial charge on any atom is -0.314 e. The van der Waals surface area contributed by atoms with Crippen molar-refractivity contribution in [3.05, 3.63) is 60.2 Å². The number of carbonyl (C=O) groups excluding carboxylic acids is 2. The van der Waals surface area contributed by atoms with Crippen LogP contribution in [0.2, 0.25) is 0 Å². The molecule has 2 amide bonds. The van der Waals surface area contributed by atoms with Crippen LogP contribution in [0, 0.1) is 0 Å². The molecule has 0 aromatic heterocycles. The molecule has 4 nitrogen and oxygen atoms in total. The van der Waals surface area contributed by atoms with Gasteiger partial charge in [0.1, 0.15) is 0 Å². The Morgan fingerprint density at radius 2 is 1.59 bits per heavy atom. The maximum absolute atomic E-state index is 13.1. The van der Waals surface area contributed by atoms with E-state index in [-0.39, 0.29) is 11.8 Å². The van der Waals surface area contributed by atoms with Crippen molar-refractivity contribution in [2.45, 2.75) is 11.8 Å². The molecule has 0 aliphatic carbocycles. The van der Waals surface area contributed by atoms with Crippen LogP contribution in [-0.4, -0.2) is 25.4 Å². The molecule has 1 fully saturated rings. The Bertz CT molecular complexity index is 772. The molecule has 1 atom stereocenters. The Kier molecular flexibility index (Phi) is 2.64. The van der Waals surface area contributed by atoms with Gasteiger partial charge in [-0.25, -0.2) is 0 Å². The van der Waals surface area contributed by atoms with Crippen LogP contribution in [0.25, 0.3) is 0 Å². The van der Waals surface area contributed by atoms with Crippen molar-refractivity contribution >= 4 is 23.2 Å². The number of benzene rings is 2. The van der Waals surface area contributed by atoms with Crippen LogP contribution in [0.4, 0.5) is 11.4 Å². The average Bonchev–Trinajstić information content (AvgIpc) is 3.02. The van der Waals surface area contributed by atoms with Crippen molar-refractivity contribution in [1.82, 2.24) is 0 Å². The van der Waals surface area contributed by atoms with Crippen molar-refractivity contribution in [2.24, 2.45) is 0 Å². The molecule has 4 rings (SSSR count). The molecule has 22 heavy (non-hydrogen) atoms. The summed E-state index contributed by atoms with van der Waals surface area (Å²) >= 11 is 0. The van der Waals surface area contributed by atoms with Crippen LogP contribution in [-0.2, 0) is 15.0 Å². The van der Waals surface area contributed by atoms with E-state index >= 15 is 0 Å². The highest BCUT2D eigenvalue weighted by atomic mass is 16.2. The molecular formula is C18H16N2O2. The van der Waals surface area contributed by atoms with Gasteiger partial charge in [0.25, 0.3) is 0 Å². The monoisotopic (exact) mass is 292 g/mol. The molecule has 2 aliphatic rings. The molecule has 0 saturated carbocycles. The first-order chi connectivity index (χ1) is 10.7. The van der Waals surface area contributed by atoms with Gasteiger partial charge in [0.15, 0.2) is 5.41 Å². The Hall–Kier alpha value is -2.62. The fourth-order valence-corrected chi connectivity index (χ4v) is 3.66. The SMILES string of the molecule is CN1C(=O)C2(CCN(c3ccccc3)C2=O)c2ccccc21. The maximum Gasteiger partial charge on any atom is 0.247 e. The number of likely N-dealkylation sites (N-methyl/N-ethyl adjacent to an activating group) is 1. The summed E-state index contributed by atoms with van der Waals surface area (Å²) in [6, 6.07) is 17.2. The number of para-hydroxylation sites is 2. The average molecular weight is 292 g/mol. The van der Waals surface area contributed by atoms with Crippen molar-refractivity contribution in [1.29, 1.82) is 0 Å². The first kappa shape index (κ1) is 13.1. The second kappa shape index (κ2) is 4.44. The molecular weight excluding hydrogens is 276 g/mol. The lowest BCUT2D eigenvalue weighted by Gasteiger charge is -2.22. The van der Waals surface area contributed by atoms with Gasteiger partial charge >= 0.3 is 0 Å². The van der Waals surface area contributed by atoms with E-state index in [9.17, 15) is 9.59 Å². The lowest BCUT2D eigenvalue weighted by Crippen LogP contribution is -2.45. The molecule has 2 heterocycles. The maximum atomic E-state index is 13.1. The Morgan fingerprint density at radius 3 is 2.36 bits per heavy atom. The van der Waals surface area contributed by atoms with E-state index < -0.39 is 5.41 Å².